The Hall–Kier alpha value is -2.99. The van der Waals surface area contributed by atoms with Gasteiger partial charge in [-0.25, -0.2) is 4.79 Å². The summed E-state index contributed by atoms with van der Waals surface area (Å²) in [6.45, 7) is 11.0. The van der Waals surface area contributed by atoms with Gasteiger partial charge in [-0.05, 0) is 58.3 Å². The topological polar surface area (TPSA) is 166 Å². The van der Waals surface area contributed by atoms with Gasteiger partial charge in [-0.15, -0.1) is 6.58 Å². The number of carbonyl (C=O) groups excluding carboxylic acids is 5. The number of urea groups is 1. The summed E-state index contributed by atoms with van der Waals surface area (Å²) >= 11 is 0. The van der Waals surface area contributed by atoms with Gasteiger partial charge in [-0.3, -0.25) is 24.1 Å². The minimum Gasteiger partial charge on any atom is -0.459 e. The molecule has 2 rings (SSSR count). The normalized spacial score (nSPS) is 21.9. The molecule has 0 radical (unpaired) electrons. The second-order valence-electron chi connectivity index (χ2n) is 12.3. The molecule has 0 bridgehead atoms. The van der Waals surface area contributed by atoms with Crippen molar-refractivity contribution in [2.24, 2.45) is 11.8 Å². The van der Waals surface area contributed by atoms with Crippen LogP contribution in [0.25, 0.3) is 0 Å². The van der Waals surface area contributed by atoms with Gasteiger partial charge in [0.25, 0.3) is 5.91 Å². The SMILES string of the molecule is C=C[C@@H]1C[C@@H](C(=O)NC(CCCC)C(=O)C(=O)NC)N(C(O)[C@@H](NC(=O)NCC(=O)OC(C)(C)C)C2CCCCC2)C1. The molecular formula is C30H51N5O7. The Morgan fingerprint density at radius 2 is 1.76 bits per heavy atom. The number of rotatable bonds is 14. The monoisotopic (exact) mass is 593 g/mol. The lowest BCUT2D eigenvalue weighted by Gasteiger charge is -2.39. The lowest BCUT2D eigenvalue weighted by atomic mass is 9.83. The molecule has 5 atom stereocenters. The summed E-state index contributed by atoms with van der Waals surface area (Å²) in [7, 11) is 1.37. The van der Waals surface area contributed by atoms with E-state index in [9.17, 15) is 29.1 Å². The predicted octanol–water partition coefficient (Wildman–Crippen LogP) is 1.76. The molecule has 1 heterocycles. The molecule has 1 aliphatic carbocycles. The van der Waals surface area contributed by atoms with Gasteiger partial charge in [0.1, 0.15) is 18.4 Å². The number of likely N-dealkylation sites (N-methyl/N-ethyl adjacent to an activating group) is 1. The molecule has 2 unspecified atom stereocenters. The average molecular weight is 594 g/mol. The maximum absolute atomic E-state index is 13.6. The molecule has 12 heteroatoms. The van der Waals surface area contributed by atoms with E-state index in [4.69, 9.17) is 4.74 Å². The maximum Gasteiger partial charge on any atom is 0.325 e. The van der Waals surface area contributed by atoms with Crippen LogP contribution in [0.15, 0.2) is 12.7 Å². The Balaban J connectivity index is 2.23. The van der Waals surface area contributed by atoms with E-state index in [0.717, 1.165) is 38.5 Å². The Morgan fingerprint density at radius 1 is 1.10 bits per heavy atom. The lowest BCUT2D eigenvalue weighted by Crippen LogP contribution is -2.61. The highest BCUT2D eigenvalue weighted by Crippen LogP contribution is 2.33. The highest BCUT2D eigenvalue weighted by Gasteiger charge is 2.44. The summed E-state index contributed by atoms with van der Waals surface area (Å²) < 4.78 is 5.26. The molecule has 0 spiro atoms. The molecule has 238 valence electrons. The van der Waals surface area contributed by atoms with Crippen molar-refractivity contribution in [3.63, 3.8) is 0 Å². The first kappa shape index (κ1) is 35.2. The molecule has 5 N–H and O–H groups in total. The highest BCUT2D eigenvalue weighted by molar-refractivity contribution is 6.38. The number of carbonyl (C=O) groups is 5. The van der Waals surface area contributed by atoms with Crippen LogP contribution in [0.2, 0.25) is 0 Å². The number of amides is 4. The van der Waals surface area contributed by atoms with E-state index in [2.05, 4.69) is 27.8 Å². The minimum absolute atomic E-state index is 0.0420. The van der Waals surface area contributed by atoms with Crippen LogP contribution >= 0.6 is 0 Å². The zero-order valence-corrected chi connectivity index (χ0v) is 25.9. The molecule has 42 heavy (non-hydrogen) atoms. The fourth-order valence-corrected chi connectivity index (χ4v) is 5.71. The number of aliphatic hydroxyl groups is 1. The number of Topliss-reactive ketones (excluding diaryl/α,β-unsaturated/α-hetero) is 1. The summed E-state index contributed by atoms with van der Waals surface area (Å²) in [6, 6.07) is -3.12. The summed E-state index contributed by atoms with van der Waals surface area (Å²) in [5.41, 5.74) is -0.691. The van der Waals surface area contributed by atoms with Gasteiger partial charge < -0.3 is 31.1 Å². The van der Waals surface area contributed by atoms with Gasteiger partial charge in [-0.1, -0.05) is 45.1 Å². The minimum atomic E-state index is -1.22. The number of likely N-dealkylation sites (tertiary alicyclic amines) is 1. The third kappa shape index (κ3) is 10.7. The van der Waals surface area contributed by atoms with Crippen molar-refractivity contribution in [3.8, 4) is 0 Å². The first-order chi connectivity index (χ1) is 19.8. The van der Waals surface area contributed by atoms with Crippen LogP contribution < -0.4 is 21.3 Å². The molecule has 1 saturated carbocycles. The second-order valence-corrected chi connectivity index (χ2v) is 12.3. The Kier molecular flexibility index (Phi) is 13.9. The van der Waals surface area contributed by atoms with Crippen LogP contribution in [-0.4, -0.2) is 89.7 Å². The molecule has 0 aromatic carbocycles. The zero-order valence-electron chi connectivity index (χ0n) is 25.9. The fraction of sp³-hybridized carbons (Fsp3) is 0.767. The van der Waals surface area contributed by atoms with Gasteiger partial charge in [0.2, 0.25) is 11.7 Å². The number of ketones is 1. The van der Waals surface area contributed by atoms with Crippen molar-refractivity contribution in [1.29, 1.82) is 0 Å². The van der Waals surface area contributed by atoms with E-state index in [1.165, 1.54) is 7.05 Å². The summed E-state index contributed by atoms with van der Waals surface area (Å²) in [5.74, 6) is -2.68. The number of hydrogen-bond donors (Lipinski definition) is 5. The van der Waals surface area contributed by atoms with Gasteiger partial charge in [0.15, 0.2) is 0 Å². The average Bonchev–Trinajstić information content (AvgIpc) is 3.40. The number of nitrogens with zero attached hydrogens (tertiary/aromatic N) is 1. The third-order valence-electron chi connectivity index (χ3n) is 7.87. The Morgan fingerprint density at radius 3 is 2.33 bits per heavy atom. The zero-order chi connectivity index (χ0) is 31.4. The number of nitrogens with one attached hydrogen (secondary N) is 4. The quantitative estimate of drug-likeness (QED) is 0.115. The molecule has 2 aliphatic rings. The van der Waals surface area contributed by atoms with E-state index in [0.29, 0.717) is 25.8 Å². The molecule has 1 saturated heterocycles. The second kappa shape index (κ2) is 16.6. The molecule has 2 fully saturated rings. The van der Waals surface area contributed by atoms with E-state index in [1.54, 1.807) is 31.7 Å². The van der Waals surface area contributed by atoms with Crippen molar-refractivity contribution >= 4 is 29.6 Å². The maximum atomic E-state index is 13.6. The van der Waals surface area contributed by atoms with Crippen LogP contribution in [0, 0.1) is 11.8 Å². The lowest BCUT2D eigenvalue weighted by molar-refractivity contribution is -0.153. The van der Waals surface area contributed by atoms with E-state index < -0.39 is 59.6 Å². The molecule has 1 aliphatic heterocycles. The Bertz CT molecular complexity index is 960. The smallest absolute Gasteiger partial charge is 0.325 e. The molecule has 12 nitrogen and oxygen atoms in total. The number of unbranched alkanes of at least 4 members (excludes halogenated alkanes) is 1. The molecule has 4 amide bonds. The van der Waals surface area contributed by atoms with Gasteiger partial charge in [0, 0.05) is 13.6 Å². The van der Waals surface area contributed by atoms with Crippen molar-refractivity contribution in [1.82, 2.24) is 26.2 Å². The first-order valence-corrected chi connectivity index (χ1v) is 15.2. The van der Waals surface area contributed by atoms with E-state index in [1.807, 2.05) is 6.92 Å². The summed E-state index contributed by atoms with van der Waals surface area (Å²) in [5, 5.41) is 22.2. The van der Waals surface area contributed by atoms with Gasteiger partial charge in [-0.2, -0.15) is 0 Å². The number of ether oxygens (including phenoxy) is 1. The standard InChI is InChI=1S/C30H51N5O7/c1-7-9-15-21(25(37)27(39)31-6)33-26(38)22-16-19(8-2)18-35(22)28(40)24(20-13-11-10-12-14-20)34-29(41)32-17-23(36)42-30(3,4)5/h8,19-22,24,28,40H,2,7,9-18H2,1,3-6H3,(H,31,39)(H,33,38)(H2,32,34,41)/t19-,21?,22+,24+,28?/m1/s1. The van der Waals surface area contributed by atoms with E-state index >= 15 is 0 Å². The van der Waals surface area contributed by atoms with Crippen molar-refractivity contribution in [2.75, 3.05) is 20.1 Å². The van der Waals surface area contributed by atoms with Crippen LogP contribution in [-0.2, 0) is 23.9 Å². The first-order valence-electron chi connectivity index (χ1n) is 15.2. The van der Waals surface area contributed by atoms with Crippen LogP contribution in [0.3, 0.4) is 0 Å². The molecule has 0 aromatic heterocycles. The van der Waals surface area contributed by atoms with Gasteiger partial charge in [0.05, 0.1) is 18.1 Å². The third-order valence-corrected chi connectivity index (χ3v) is 7.87. The van der Waals surface area contributed by atoms with Crippen LogP contribution in [0.5, 0.6) is 0 Å². The summed E-state index contributed by atoms with van der Waals surface area (Å²) in [4.78, 5) is 65.0. The predicted molar refractivity (Wildman–Crippen MR) is 158 cm³/mol. The molecular weight excluding hydrogens is 542 g/mol. The van der Waals surface area contributed by atoms with Crippen LogP contribution in [0.4, 0.5) is 4.79 Å². The summed E-state index contributed by atoms with van der Waals surface area (Å²) in [6.07, 6.45) is 7.18. The number of aliphatic hydroxyl groups excluding tert-OH is 1. The largest absolute Gasteiger partial charge is 0.459 e. The molecule has 0 aromatic rings. The highest BCUT2D eigenvalue weighted by atomic mass is 16.6. The van der Waals surface area contributed by atoms with Crippen LogP contribution in [0.1, 0.15) is 85.5 Å². The van der Waals surface area contributed by atoms with Crippen molar-refractivity contribution < 1.29 is 33.8 Å². The Labute approximate surface area is 249 Å². The van der Waals surface area contributed by atoms with Gasteiger partial charge >= 0.3 is 12.0 Å². The fourth-order valence-electron chi connectivity index (χ4n) is 5.71. The van der Waals surface area contributed by atoms with E-state index in [-0.39, 0.29) is 18.4 Å². The van der Waals surface area contributed by atoms with Crippen molar-refractivity contribution in [2.45, 2.75) is 115 Å². The number of esters is 1. The van der Waals surface area contributed by atoms with Crippen molar-refractivity contribution in [3.05, 3.63) is 12.7 Å². The number of hydrogen-bond acceptors (Lipinski definition) is 8.